The Hall–Kier alpha value is -1.98. The van der Waals surface area contributed by atoms with Crippen LogP contribution in [0.3, 0.4) is 0 Å². The molecule has 1 atom stereocenters. The maximum absolute atomic E-state index is 12.2. The highest BCUT2D eigenvalue weighted by atomic mass is 16.4. The number of amides is 2. The van der Waals surface area contributed by atoms with Gasteiger partial charge in [-0.3, -0.25) is 4.79 Å². The second-order valence-electron chi connectivity index (χ2n) is 5.64. The van der Waals surface area contributed by atoms with Crippen molar-refractivity contribution in [2.24, 2.45) is 5.41 Å². The lowest BCUT2D eigenvalue weighted by atomic mass is 9.78. The minimum Gasteiger partial charge on any atom is -0.481 e. The number of carboxylic acid groups (broad SMARTS) is 1. The van der Waals surface area contributed by atoms with Gasteiger partial charge in [0.15, 0.2) is 0 Å². The number of carbonyl (C=O) groups excluding carboxylic acids is 1. The van der Waals surface area contributed by atoms with Gasteiger partial charge >= 0.3 is 12.0 Å². The Morgan fingerprint density at radius 2 is 2.24 bits per heavy atom. The Kier molecular flexibility index (Phi) is 4.55. The Morgan fingerprint density at radius 3 is 2.81 bits per heavy atom. The smallest absolute Gasteiger partial charge is 0.317 e. The minimum absolute atomic E-state index is 0.233. The number of carboxylic acids is 1. The molecular formula is C15H22N2O4. The Morgan fingerprint density at radius 1 is 1.48 bits per heavy atom. The molecule has 1 aliphatic heterocycles. The number of aryl methyl sites for hydroxylation is 1. The van der Waals surface area contributed by atoms with Crippen molar-refractivity contribution in [2.45, 2.75) is 39.7 Å². The summed E-state index contributed by atoms with van der Waals surface area (Å²) in [7, 11) is 0. The third-order valence-electron chi connectivity index (χ3n) is 4.20. The number of furan rings is 1. The van der Waals surface area contributed by atoms with Crippen LogP contribution in [0.15, 0.2) is 16.5 Å². The molecule has 6 nitrogen and oxygen atoms in total. The van der Waals surface area contributed by atoms with E-state index in [0.717, 1.165) is 5.76 Å². The number of aliphatic carboxylic acids is 1. The van der Waals surface area contributed by atoms with Crippen LogP contribution in [0.1, 0.15) is 37.7 Å². The number of hydrogen-bond acceptors (Lipinski definition) is 3. The fraction of sp³-hybridized carbons (Fsp3) is 0.600. The van der Waals surface area contributed by atoms with E-state index in [9.17, 15) is 14.7 Å². The first kappa shape index (κ1) is 15.4. The number of nitrogens with one attached hydrogen (secondary N) is 1. The van der Waals surface area contributed by atoms with Gasteiger partial charge in [-0.1, -0.05) is 6.92 Å². The van der Waals surface area contributed by atoms with Gasteiger partial charge in [0.1, 0.15) is 11.5 Å². The van der Waals surface area contributed by atoms with Crippen molar-refractivity contribution in [1.82, 2.24) is 10.2 Å². The second-order valence-corrected chi connectivity index (χ2v) is 5.64. The van der Waals surface area contributed by atoms with Crippen LogP contribution in [0.2, 0.25) is 0 Å². The molecule has 2 rings (SSSR count). The number of urea groups is 1. The molecule has 0 bridgehead atoms. The third-order valence-corrected chi connectivity index (χ3v) is 4.20. The van der Waals surface area contributed by atoms with Crippen molar-refractivity contribution in [2.75, 3.05) is 13.1 Å². The lowest BCUT2D eigenvalue weighted by Crippen LogP contribution is -2.52. The topological polar surface area (TPSA) is 82.8 Å². The third kappa shape index (κ3) is 3.37. The van der Waals surface area contributed by atoms with Crippen molar-refractivity contribution in [3.05, 3.63) is 23.7 Å². The van der Waals surface area contributed by atoms with Crippen LogP contribution in [0.25, 0.3) is 0 Å². The summed E-state index contributed by atoms with van der Waals surface area (Å²) in [6.45, 7) is 4.88. The van der Waals surface area contributed by atoms with Gasteiger partial charge in [0.25, 0.3) is 0 Å². The van der Waals surface area contributed by atoms with E-state index in [-0.39, 0.29) is 12.6 Å². The average Bonchev–Trinajstić information content (AvgIpc) is 2.90. The molecule has 2 heterocycles. The predicted molar refractivity (Wildman–Crippen MR) is 76.8 cm³/mol. The van der Waals surface area contributed by atoms with Gasteiger partial charge in [0.2, 0.25) is 0 Å². The van der Waals surface area contributed by atoms with Gasteiger partial charge in [-0.05, 0) is 38.3 Å². The zero-order valence-electron chi connectivity index (χ0n) is 12.5. The second kappa shape index (κ2) is 6.20. The summed E-state index contributed by atoms with van der Waals surface area (Å²) in [5.41, 5.74) is -0.809. The van der Waals surface area contributed by atoms with Crippen molar-refractivity contribution in [1.29, 1.82) is 0 Å². The van der Waals surface area contributed by atoms with E-state index < -0.39 is 11.4 Å². The van der Waals surface area contributed by atoms with Gasteiger partial charge in [-0.2, -0.15) is 0 Å². The molecule has 21 heavy (non-hydrogen) atoms. The highest BCUT2D eigenvalue weighted by molar-refractivity contribution is 5.78. The average molecular weight is 294 g/mol. The summed E-state index contributed by atoms with van der Waals surface area (Å²) < 4.78 is 5.39. The summed E-state index contributed by atoms with van der Waals surface area (Å²) in [4.78, 5) is 25.3. The van der Waals surface area contributed by atoms with Gasteiger partial charge in [0, 0.05) is 13.1 Å². The van der Waals surface area contributed by atoms with Crippen LogP contribution in [0.4, 0.5) is 4.79 Å². The number of hydrogen-bond donors (Lipinski definition) is 2. The lowest BCUT2D eigenvalue weighted by molar-refractivity contribution is -0.152. The maximum atomic E-state index is 12.2. The monoisotopic (exact) mass is 294 g/mol. The summed E-state index contributed by atoms with van der Waals surface area (Å²) in [6.07, 6.45) is 1.87. The molecule has 1 unspecified atom stereocenters. The van der Waals surface area contributed by atoms with Crippen molar-refractivity contribution in [3.63, 3.8) is 0 Å². The summed E-state index contributed by atoms with van der Waals surface area (Å²) in [5, 5.41) is 12.2. The zero-order chi connectivity index (χ0) is 15.5. The summed E-state index contributed by atoms with van der Waals surface area (Å²) >= 11 is 0. The van der Waals surface area contributed by atoms with Crippen LogP contribution in [-0.4, -0.2) is 35.1 Å². The molecule has 1 saturated heterocycles. The number of carbonyl (C=O) groups is 2. The molecule has 0 saturated carbocycles. The fourth-order valence-corrected chi connectivity index (χ4v) is 2.77. The number of nitrogens with zero attached hydrogens (tertiary/aromatic N) is 1. The molecule has 1 aliphatic rings. The molecule has 2 amide bonds. The van der Waals surface area contributed by atoms with E-state index >= 15 is 0 Å². The summed E-state index contributed by atoms with van der Waals surface area (Å²) in [6, 6.07) is 3.43. The Balaban J connectivity index is 1.94. The Labute approximate surface area is 124 Å². The number of rotatable bonds is 4. The van der Waals surface area contributed by atoms with E-state index in [4.69, 9.17) is 4.42 Å². The first-order chi connectivity index (χ1) is 9.97. The maximum Gasteiger partial charge on any atom is 0.317 e. The molecule has 116 valence electrons. The molecule has 1 fully saturated rings. The fourth-order valence-electron chi connectivity index (χ4n) is 2.77. The van der Waals surface area contributed by atoms with E-state index in [1.807, 2.05) is 26.0 Å². The first-order valence-electron chi connectivity index (χ1n) is 7.28. The zero-order valence-corrected chi connectivity index (χ0v) is 12.5. The summed E-state index contributed by atoms with van der Waals surface area (Å²) in [5.74, 6) is 0.676. The van der Waals surface area contributed by atoms with E-state index in [1.54, 1.807) is 4.90 Å². The highest BCUT2D eigenvalue weighted by Crippen LogP contribution is 2.33. The quantitative estimate of drug-likeness (QED) is 0.893. The van der Waals surface area contributed by atoms with Gasteiger partial charge in [-0.25, -0.2) is 4.79 Å². The largest absolute Gasteiger partial charge is 0.481 e. The van der Waals surface area contributed by atoms with Crippen LogP contribution in [0.5, 0.6) is 0 Å². The van der Waals surface area contributed by atoms with Gasteiger partial charge in [-0.15, -0.1) is 0 Å². The molecule has 1 aromatic rings. The lowest BCUT2D eigenvalue weighted by Gasteiger charge is -2.39. The molecule has 0 aromatic carbocycles. The Bertz CT molecular complexity index is 525. The van der Waals surface area contributed by atoms with Crippen LogP contribution in [-0.2, 0) is 11.3 Å². The van der Waals surface area contributed by atoms with E-state index in [0.29, 0.717) is 38.1 Å². The molecule has 2 N–H and O–H groups in total. The van der Waals surface area contributed by atoms with Crippen LogP contribution in [0, 0.1) is 12.3 Å². The SMILES string of the molecule is CCC1(C(=O)O)CCCN(C(=O)NCc2ccc(C)o2)C1. The number of piperidine rings is 1. The molecular weight excluding hydrogens is 272 g/mol. The van der Waals surface area contributed by atoms with E-state index in [1.165, 1.54) is 0 Å². The van der Waals surface area contributed by atoms with Crippen molar-refractivity contribution >= 4 is 12.0 Å². The standard InChI is InChI=1S/C15H22N2O4/c1-3-15(13(18)19)7-4-8-17(10-15)14(20)16-9-12-6-5-11(2)21-12/h5-6H,3-4,7-10H2,1-2H3,(H,16,20)(H,18,19). The van der Waals surface area contributed by atoms with Crippen LogP contribution >= 0.6 is 0 Å². The molecule has 1 aromatic heterocycles. The predicted octanol–water partition coefficient (Wildman–Crippen LogP) is 2.37. The number of likely N-dealkylation sites (tertiary alicyclic amines) is 1. The molecule has 0 radical (unpaired) electrons. The minimum atomic E-state index is -0.816. The van der Waals surface area contributed by atoms with Crippen LogP contribution < -0.4 is 5.32 Å². The highest BCUT2D eigenvalue weighted by Gasteiger charge is 2.42. The van der Waals surface area contributed by atoms with Gasteiger partial charge < -0.3 is 19.7 Å². The van der Waals surface area contributed by atoms with Crippen molar-refractivity contribution in [3.8, 4) is 0 Å². The molecule has 0 spiro atoms. The first-order valence-corrected chi connectivity index (χ1v) is 7.28. The van der Waals surface area contributed by atoms with Gasteiger partial charge in [0.05, 0.1) is 12.0 Å². The van der Waals surface area contributed by atoms with Crippen molar-refractivity contribution < 1.29 is 19.1 Å². The molecule has 6 heteroatoms. The molecule has 0 aliphatic carbocycles. The normalized spacial score (nSPS) is 22.1. The van der Waals surface area contributed by atoms with E-state index in [2.05, 4.69) is 5.32 Å².